The predicted molar refractivity (Wildman–Crippen MR) is 105 cm³/mol. The van der Waals surface area contributed by atoms with Crippen LogP contribution in [0.1, 0.15) is 33.3 Å². The van der Waals surface area contributed by atoms with E-state index in [0.717, 1.165) is 0 Å². The maximum atomic E-state index is 12.7. The maximum Gasteiger partial charge on any atom is 0.387 e. The van der Waals surface area contributed by atoms with Gasteiger partial charge in [-0.1, -0.05) is 0 Å². The first-order valence-corrected chi connectivity index (χ1v) is 8.98. The molecule has 0 unspecified atom stereocenters. The van der Waals surface area contributed by atoms with Crippen LogP contribution in [0.5, 0.6) is 11.5 Å². The third-order valence-corrected chi connectivity index (χ3v) is 3.48. The molecule has 0 atom stereocenters. The molecule has 0 bridgehead atoms. The molecule has 1 amide bonds. The summed E-state index contributed by atoms with van der Waals surface area (Å²) in [5, 5.41) is 5.97. The van der Waals surface area contributed by atoms with Gasteiger partial charge in [-0.3, -0.25) is 4.79 Å². The number of carbonyl (C=O) groups excluding carboxylic acids is 1. The van der Waals surface area contributed by atoms with E-state index in [-0.39, 0.29) is 30.3 Å². The van der Waals surface area contributed by atoms with Crippen LogP contribution < -0.4 is 20.1 Å². The Morgan fingerprint density at radius 2 is 2.00 bits per heavy atom. The van der Waals surface area contributed by atoms with E-state index >= 15 is 0 Å². The topological polar surface area (TPSA) is 75.2 Å². The van der Waals surface area contributed by atoms with Crippen molar-refractivity contribution in [1.82, 2.24) is 15.5 Å². The van der Waals surface area contributed by atoms with Crippen molar-refractivity contribution in [2.24, 2.45) is 4.99 Å². The number of methoxy groups -OCH3 is 1. The zero-order valence-corrected chi connectivity index (χ0v) is 17.3. The highest BCUT2D eigenvalue weighted by atomic mass is 19.3. The minimum Gasteiger partial charge on any atom is -0.497 e. The second-order valence-electron chi connectivity index (χ2n) is 7.18. The molecule has 0 fully saturated rings. The van der Waals surface area contributed by atoms with Gasteiger partial charge in [0.05, 0.1) is 20.2 Å². The van der Waals surface area contributed by atoms with Crippen molar-refractivity contribution >= 4 is 11.9 Å². The van der Waals surface area contributed by atoms with Gasteiger partial charge in [-0.2, -0.15) is 8.78 Å². The van der Waals surface area contributed by atoms with Gasteiger partial charge in [0.25, 0.3) is 0 Å². The van der Waals surface area contributed by atoms with Crippen molar-refractivity contribution < 1.29 is 23.0 Å². The molecule has 0 aromatic heterocycles. The number of ether oxygens (including phenoxy) is 2. The van der Waals surface area contributed by atoms with E-state index in [1.807, 2.05) is 27.7 Å². The number of guanidine groups is 1. The fourth-order valence-corrected chi connectivity index (χ4v) is 2.38. The molecule has 1 rings (SSSR count). The quantitative estimate of drug-likeness (QED) is 0.518. The van der Waals surface area contributed by atoms with Crippen LogP contribution in [0.4, 0.5) is 8.78 Å². The number of hydrogen-bond donors (Lipinski definition) is 2. The Morgan fingerprint density at radius 1 is 1.32 bits per heavy atom. The third-order valence-electron chi connectivity index (χ3n) is 3.48. The number of nitrogens with one attached hydrogen (secondary N) is 2. The molecule has 0 radical (unpaired) electrons. The van der Waals surface area contributed by atoms with E-state index in [2.05, 4.69) is 20.4 Å². The molecule has 0 aliphatic heterocycles. The van der Waals surface area contributed by atoms with Crippen molar-refractivity contribution in [2.45, 2.75) is 46.4 Å². The lowest BCUT2D eigenvalue weighted by molar-refractivity contribution is -0.122. The van der Waals surface area contributed by atoms with E-state index in [1.165, 1.54) is 13.2 Å². The zero-order valence-electron chi connectivity index (χ0n) is 17.3. The second-order valence-corrected chi connectivity index (χ2v) is 7.18. The van der Waals surface area contributed by atoms with Crippen molar-refractivity contribution in [1.29, 1.82) is 0 Å². The van der Waals surface area contributed by atoms with Crippen molar-refractivity contribution in [3.05, 3.63) is 23.8 Å². The van der Waals surface area contributed by atoms with E-state index < -0.39 is 6.61 Å². The van der Waals surface area contributed by atoms with Crippen LogP contribution in [0.2, 0.25) is 0 Å². The largest absolute Gasteiger partial charge is 0.497 e. The number of halogens is 2. The van der Waals surface area contributed by atoms with Gasteiger partial charge in [0.2, 0.25) is 5.91 Å². The first kappa shape index (κ1) is 23.5. The number of aliphatic imine (C=N–C) groups is 1. The summed E-state index contributed by atoms with van der Waals surface area (Å²) in [4.78, 5) is 18.3. The summed E-state index contributed by atoms with van der Waals surface area (Å²) in [7, 11) is 3.18. The fourth-order valence-electron chi connectivity index (χ4n) is 2.38. The highest BCUT2D eigenvalue weighted by Gasteiger charge is 2.17. The number of nitrogens with zero attached hydrogens (tertiary/aromatic N) is 2. The lowest BCUT2D eigenvalue weighted by atomic mass is 10.1. The van der Waals surface area contributed by atoms with Crippen LogP contribution in [0, 0.1) is 0 Å². The predicted octanol–water partition coefficient (Wildman–Crippen LogP) is 2.61. The van der Waals surface area contributed by atoms with E-state index in [4.69, 9.17) is 4.74 Å². The molecule has 0 saturated heterocycles. The van der Waals surface area contributed by atoms with E-state index in [0.29, 0.717) is 23.8 Å². The maximum absolute atomic E-state index is 12.7. The molecule has 2 N–H and O–H groups in total. The molecule has 7 nitrogen and oxygen atoms in total. The fraction of sp³-hybridized carbons (Fsp3) is 0.579. The van der Waals surface area contributed by atoms with E-state index in [9.17, 15) is 13.6 Å². The van der Waals surface area contributed by atoms with Crippen molar-refractivity contribution in [2.75, 3.05) is 27.2 Å². The number of amides is 1. The number of carbonyl (C=O) groups is 1. The summed E-state index contributed by atoms with van der Waals surface area (Å²) in [6, 6.07) is 4.66. The van der Waals surface area contributed by atoms with Gasteiger partial charge >= 0.3 is 6.61 Å². The monoisotopic (exact) mass is 400 g/mol. The first-order valence-electron chi connectivity index (χ1n) is 8.98. The van der Waals surface area contributed by atoms with Crippen LogP contribution >= 0.6 is 0 Å². The number of alkyl halides is 2. The molecule has 9 heteroatoms. The smallest absolute Gasteiger partial charge is 0.387 e. The van der Waals surface area contributed by atoms with Gasteiger partial charge in [0, 0.05) is 30.8 Å². The standard InChI is InChI=1S/C19H30F2N4O3/c1-7-22-18(25(5)12-16(26)24-19(2,3)4)23-11-13-8-9-14(27-6)10-15(13)28-17(20)21/h8-10,17H,7,11-12H2,1-6H3,(H,22,23)(H,24,26). The highest BCUT2D eigenvalue weighted by Crippen LogP contribution is 2.27. The van der Waals surface area contributed by atoms with Crippen molar-refractivity contribution in [3.8, 4) is 11.5 Å². The number of likely N-dealkylation sites (N-methyl/N-ethyl adjacent to an activating group) is 1. The Morgan fingerprint density at radius 3 is 2.54 bits per heavy atom. The Bertz CT molecular complexity index is 676. The van der Waals surface area contributed by atoms with Crippen LogP contribution in [-0.2, 0) is 11.3 Å². The molecular weight excluding hydrogens is 370 g/mol. The number of benzene rings is 1. The van der Waals surface area contributed by atoms with Crippen LogP contribution in [0.3, 0.4) is 0 Å². The molecule has 0 aliphatic carbocycles. The minimum atomic E-state index is -2.95. The summed E-state index contributed by atoms with van der Waals surface area (Å²) in [5.74, 6) is 0.741. The second kappa shape index (κ2) is 10.7. The van der Waals surface area contributed by atoms with Crippen LogP contribution in [0.15, 0.2) is 23.2 Å². The molecule has 0 saturated carbocycles. The molecule has 0 heterocycles. The summed E-state index contributed by atoms with van der Waals surface area (Å²) >= 11 is 0. The Hall–Kier alpha value is -2.58. The Labute approximate surface area is 165 Å². The Kier molecular flexibility index (Phi) is 8.94. The third kappa shape index (κ3) is 8.41. The molecule has 158 valence electrons. The van der Waals surface area contributed by atoms with Gasteiger partial charge < -0.3 is 25.0 Å². The van der Waals surface area contributed by atoms with Gasteiger partial charge in [-0.05, 0) is 39.8 Å². The average molecular weight is 400 g/mol. The molecule has 0 spiro atoms. The van der Waals surface area contributed by atoms with Crippen molar-refractivity contribution in [3.63, 3.8) is 0 Å². The molecule has 0 aliphatic rings. The summed E-state index contributed by atoms with van der Waals surface area (Å²) in [6.07, 6.45) is 0. The lowest BCUT2D eigenvalue weighted by Gasteiger charge is -2.25. The van der Waals surface area contributed by atoms with Gasteiger partial charge in [0.1, 0.15) is 11.5 Å². The zero-order chi connectivity index (χ0) is 21.3. The average Bonchev–Trinajstić information content (AvgIpc) is 2.56. The highest BCUT2D eigenvalue weighted by molar-refractivity contribution is 5.86. The molecule has 28 heavy (non-hydrogen) atoms. The summed E-state index contributed by atoms with van der Waals surface area (Å²) in [5.41, 5.74) is 0.141. The number of rotatable bonds is 8. The van der Waals surface area contributed by atoms with Gasteiger partial charge in [0.15, 0.2) is 5.96 Å². The molecular formula is C19H30F2N4O3. The lowest BCUT2D eigenvalue weighted by Crippen LogP contribution is -2.48. The van der Waals surface area contributed by atoms with Crippen LogP contribution in [-0.4, -0.2) is 56.2 Å². The Balaban J connectivity index is 2.95. The summed E-state index contributed by atoms with van der Waals surface area (Å²) < 4.78 is 35.0. The number of hydrogen-bond acceptors (Lipinski definition) is 4. The van der Waals surface area contributed by atoms with E-state index in [1.54, 1.807) is 24.1 Å². The van der Waals surface area contributed by atoms with Crippen LogP contribution in [0.25, 0.3) is 0 Å². The normalized spacial score (nSPS) is 12.0. The summed E-state index contributed by atoms with van der Waals surface area (Å²) in [6.45, 7) is 5.44. The first-order chi connectivity index (χ1) is 13.1. The SMILES string of the molecule is CCNC(=NCc1ccc(OC)cc1OC(F)F)N(C)CC(=O)NC(C)(C)C. The van der Waals surface area contributed by atoms with Gasteiger partial charge in [-0.15, -0.1) is 0 Å². The minimum absolute atomic E-state index is 0.00192. The molecule has 1 aromatic carbocycles. The molecule has 1 aromatic rings. The van der Waals surface area contributed by atoms with Gasteiger partial charge in [-0.25, -0.2) is 4.99 Å².